The number of pyridine rings is 2. The summed E-state index contributed by atoms with van der Waals surface area (Å²) in [5.74, 6) is 1.74. The molecule has 1 N–H and O–H groups in total. The van der Waals surface area contributed by atoms with Gasteiger partial charge in [0.15, 0.2) is 5.82 Å². The number of fused-ring (bicyclic) bond motifs is 1. The van der Waals surface area contributed by atoms with E-state index in [1.54, 1.807) is 6.20 Å². The van der Waals surface area contributed by atoms with Crippen LogP contribution >= 0.6 is 0 Å². The van der Waals surface area contributed by atoms with Crippen molar-refractivity contribution < 1.29 is 4.74 Å². The van der Waals surface area contributed by atoms with Crippen LogP contribution in [0.3, 0.4) is 0 Å². The summed E-state index contributed by atoms with van der Waals surface area (Å²) in [5.41, 5.74) is 6.06. The Bertz CT molecular complexity index is 1550. The van der Waals surface area contributed by atoms with Crippen molar-refractivity contribution in [3.8, 4) is 11.1 Å². The molecule has 5 aromatic rings. The monoisotopic (exact) mass is 520 g/mol. The molecule has 1 fully saturated rings. The Morgan fingerprint density at radius 1 is 0.949 bits per heavy atom. The van der Waals surface area contributed by atoms with Gasteiger partial charge in [-0.2, -0.15) is 10.2 Å². The Morgan fingerprint density at radius 3 is 2.67 bits per heavy atom. The molecule has 0 bridgehead atoms. The van der Waals surface area contributed by atoms with Gasteiger partial charge in [-0.3, -0.25) is 14.6 Å². The van der Waals surface area contributed by atoms with Crippen molar-refractivity contribution in [2.24, 2.45) is 0 Å². The van der Waals surface area contributed by atoms with Gasteiger partial charge in [0, 0.05) is 43.2 Å². The number of likely N-dealkylation sites (tertiary alicyclic amines) is 1. The van der Waals surface area contributed by atoms with Crippen LogP contribution in [0.15, 0.2) is 79.4 Å². The molecule has 0 saturated carbocycles. The van der Waals surface area contributed by atoms with Gasteiger partial charge in [-0.25, -0.2) is 4.98 Å². The second kappa shape index (κ2) is 11.3. The number of nitrogens with zero attached hydrogens (tertiary/aromatic N) is 7. The van der Waals surface area contributed by atoms with E-state index in [0.29, 0.717) is 36.8 Å². The van der Waals surface area contributed by atoms with Gasteiger partial charge in [0.1, 0.15) is 5.82 Å². The van der Waals surface area contributed by atoms with E-state index in [1.165, 1.54) is 5.56 Å². The zero-order valence-corrected chi connectivity index (χ0v) is 22.2. The number of hydrogen-bond acceptors (Lipinski definition) is 8. The summed E-state index contributed by atoms with van der Waals surface area (Å²) in [4.78, 5) is 11.8. The van der Waals surface area contributed by atoms with E-state index in [2.05, 4.69) is 74.7 Å². The van der Waals surface area contributed by atoms with E-state index >= 15 is 0 Å². The van der Waals surface area contributed by atoms with Gasteiger partial charge >= 0.3 is 0 Å². The van der Waals surface area contributed by atoms with Gasteiger partial charge in [0.2, 0.25) is 0 Å². The topological polar surface area (TPSA) is 93.9 Å². The first-order valence-corrected chi connectivity index (χ1v) is 13.4. The smallest absolute Gasteiger partial charge is 0.154 e. The van der Waals surface area contributed by atoms with Crippen molar-refractivity contribution in [1.82, 2.24) is 34.8 Å². The number of anilines is 2. The fourth-order valence-electron chi connectivity index (χ4n) is 4.67. The summed E-state index contributed by atoms with van der Waals surface area (Å²) in [6.07, 6.45) is 7.84. The van der Waals surface area contributed by atoms with Crippen molar-refractivity contribution in [2.45, 2.75) is 39.0 Å². The van der Waals surface area contributed by atoms with Crippen molar-refractivity contribution in [3.63, 3.8) is 0 Å². The lowest BCUT2D eigenvalue weighted by atomic mass is 10.1. The van der Waals surface area contributed by atoms with E-state index in [1.807, 2.05) is 47.5 Å². The zero-order valence-electron chi connectivity index (χ0n) is 22.2. The predicted octanol–water partition coefficient (Wildman–Crippen LogP) is 5.05. The number of aromatic nitrogens is 6. The van der Waals surface area contributed by atoms with E-state index in [0.717, 1.165) is 47.4 Å². The van der Waals surface area contributed by atoms with Crippen LogP contribution < -0.4 is 5.32 Å². The summed E-state index contributed by atoms with van der Waals surface area (Å²) in [6.45, 7) is 8.54. The maximum atomic E-state index is 6.06. The third-order valence-corrected chi connectivity index (χ3v) is 6.95. The minimum atomic E-state index is 0.293. The van der Waals surface area contributed by atoms with Crippen LogP contribution in [-0.2, 0) is 17.8 Å². The van der Waals surface area contributed by atoms with Crippen LogP contribution in [0.25, 0.3) is 22.2 Å². The van der Waals surface area contributed by atoms with Crippen LogP contribution in [0.4, 0.5) is 11.6 Å². The number of benzene rings is 1. The lowest BCUT2D eigenvalue weighted by Gasteiger charge is -2.39. The molecule has 4 aromatic heterocycles. The Labute approximate surface area is 227 Å². The van der Waals surface area contributed by atoms with Gasteiger partial charge in [0.25, 0.3) is 0 Å². The van der Waals surface area contributed by atoms with Crippen LogP contribution in [-0.4, -0.2) is 60.6 Å². The normalized spacial score (nSPS) is 14.1. The van der Waals surface area contributed by atoms with Gasteiger partial charge < -0.3 is 10.1 Å². The third-order valence-electron chi connectivity index (χ3n) is 6.95. The average molecular weight is 521 g/mol. The molecular formula is C30H32N8O. The maximum Gasteiger partial charge on any atom is 0.154 e. The Morgan fingerprint density at radius 2 is 1.82 bits per heavy atom. The molecule has 9 heteroatoms. The fourth-order valence-corrected chi connectivity index (χ4v) is 4.67. The lowest BCUT2D eigenvalue weighted by Crippen LogP contribution is -2.51. The fraction of sp³-hybridized carbons (Fsp3) is 0.300. The van der Waals surface area contributed by atoms with E-state index in [9.17, 15) is 0 Å². The highest BCUT2D eigenvalue weighted by Crippen LogP contribution is 2.24. The van der Waals surface area contributed by atoms with Crippen molar-refractivity contribution >= 4 is 22.7 Å². The summed E-state index contributed by atoms with van der Waals surface area (Å²) >= 11 is 0. The Balaban J connectivity index is 1.04. The SMILES string of the molecule is CC(C)c1cnnc(Nc2ccc3ncc(-c4cnn(CCOC5CN(Cc6ccccc6)C5)c4)cc3n2)c1. The first-order valence-electron chi connectivity index (χ1n) is 13.4. The summed E-state index contributed by atoms with van der Waals surface area (Å²) in [6, 6.07) is 18.5. The highest BCUT2D eigenvalue weighted by molar-refractivity contribution is 5.81. The molecule has 39 heavy (non-hydrogen) atoms. The molecule has 0 unspecified atom stereocenters. The molecule has 198 valence electrons. The second-order valence-electron chi connectivity index (χ2n) is 10.3. The van der Waals surface area contributed by atoms with Gasteiger partial charge in [0.05, 0.1) is 42.7 Å². The molecule has 5 heterocycles. The maximum absolute atomic E-state index is 6.06. The van der Waals surface area contributed by atoms with Crippen LogP contribution in [0, 0.1) is 0 Å². The first-order chi connectivity index (χ1) is 19.1. The van der Waals surface area contributed by atoms with Crippen LogP contribution in [0.2, 0.25) is 0 Å². The van der Waals surface area contributed by atoms with Gasteiger partial charge in [-0.15, -0.1) is 5.10 Å². The van der Waals surface area contributed by atoms with Gasteiger partial charge in [-0.05, 0) is 41.3 Å². The third kappa shape index (κ3) is 6.10. The van der Waals surface area contributed by atoms with Crippen molar-refractivity contribution in [2.75, 3.05) is 25.0 Å². The minimum absolute atomic E-state index is 0.293. The van der Waals surface area contributed by atoms with Crippen LogP contribution in [0.1, 0.15) is 30.9 Å². The number of rotatable bonds is 10. The Hall–Kier alpha value is -4.21. The first kappa shape index (κ1) is 25.1. The number of hydrogen-bond donors (Lipinski definition) is 1. The largest absolute Gasteiger partial charge is 0.374 e. The van der Waals surface area contributed by atoms with Gasteiger partial charge in [-0.1, -0.05) is 44.2 Å². The molecule has 1 aromatic carbocycles. The minimum Gasteiger partial charge on any atom is -0.374 e. The number of nitrogens with one attached hydrogen (secondary N) is 1. The summed E-state index contributed by atoms with van der Waals surface area (Å²) in [7, 11) is 0. The predicted molar refractivity (Wildman–Crippen MR) is 152 cm³/mol. The number of ether oxygens (including phenoxy) is 1. The second-order valence-corrected chi connectivity index (χ2v) is 10.3. The molecule has 0 spiro atoms. The highest BCUT2D eigenvalue weighted by Gasteiger charge is 2.27. The molecule has 9 nitrogen and oxygen atoms in total. The standard InChI is InChI=1S/C30H32N8O/c1-21(2)23-13-30(36-32-15-23)35-29-9-8-27-28(34-29)12-24(14-31-27)25-16-33-38(18-25)10-11-39-26-19-37(20-26)17-22-6-4-3-5-7-22/h3-9,12-16,18,21,26H,10-11,17,19-20H2,1-2H3,(H,34,35,36). The zero-order chi connectivity index (χ0) is 26.6. The molecule has 1 aliphatic heterocycles. The lowest BCUT2D eigenvalue weighted by molar-refractivity contribution is -0.0605. The van der Waals surface area contributed by atoms with Crippen molar-refractivity contribution in [1.29, 1.82) is 0 Å². The molecule has 0 amide bonds. The molecule has 0 aliphatic carbocycles. The molecule has 1 aliphatic rings. The quantitative estimate of drug-likeness (QED) is 0.273. The summed E-state index contributed by atoms with van der Waals surface area (Å²) < 4.78 is 7.99. The molecule has 6 rings (SSSR count). The van der Waals surface area contributed by atoms with E-state index in [4.69, 9.17) is 9.72 Å². The van der Waals surface area contributed by atoms with E-state index < -0.39 is 0 Å². The molecule has 0 radical (unpaired) electrons. The average Bonchev–Trinajstić information content (AvgIpc) is 3.41. The van der Waals surface area contributed by atoms with Crippen molar-refractivity contribution in [3.05, 3.63) is 90.5 Å². The molecule has 1 saturated heterocycles. The summed E-state index contributed by atoms with van der Waals surface area (Å²) in [5, 5.41) is 16.1. The highest BCUT2D eigenvalue weighted by atomic mass is 16.5. The Kier molecular flexibility index (Phi) is 7.25. The molecule has 0 atom stereocenters. The van der Waals surface area contributed by atoms with E-state index in [-0.39, 0.29) is 0 Å². The van der Waals surface area contributed by atoms with Crippen LogP contribution in [0.5, 0.6) is 0 Å². The molecular weight excluding hydrogens is 488 g/mol.